The fraction of sp³-hybridized carbons (Fsp3) is 0.767. The maximum Gasteiger partial charge on any atom is 0.410 e. The molecule has 2 bridgehead atoms. The minimum absolute atomic E-state index is 0.0155. The summed E-state index contributed by atoms with van der Waals surface area (Å²) in [5, 5.41) is 10.6. The van der Waals surface area contributed by atoms with Crippen LogP contribution in [0, 0.1) is 29.1 Å². The molecule has 2 aliphatic heterocycles. The van der Waals surface area contributed by atoms with Crippen LogP contribution in [0.2, 0.25) is 0 Å². The van der Waals surface area contributed by atoms with Crippen LogP contribution in [0.25, 0.3) is 0 Å². The normalized spacial score (nSPS) is 37.8. The van der Waals surface area contributed by atoms with Gasteiger partial charge in [-0.05, 0) is 97.4 Å². The lowest BCUT2D eigenvalue weighted by Crippen LogP contribution is -2.66. The highest BCUT2D eigenvalue weighted by Gasteiger charge is 2.72. The van der Waals surface area contributed by atoms with Crippen LogP contribution in [0.4, 0.5) is 4.79 Å². The van der Waals surface area contributed by atoms with Crippen LogP contribution in [0.1, 0.15) is 77.3 Å². The number of ether oxygens (including phenoxy) is 1. The summed E-state index contributed by atoms with van der Waals surface area (Å²) in [6.07, 6.45) is 8.18. The quantitative estimate of drug-likeness (QED) is 0.577. The van der Waals surface area contributed by atoms with Gasteiger partial charge >= 0.3 is 6.09 Å². The fourth-order valence-electron chi connectivity index (χ4n) is 9.16. The van der Waals surface area contributed by atoms with E-state index in [0.29, 0.717) is 36.2 Å². The number of amides is 1. The number of piperidine rings is 1. The summed E-state index contributed by atoms with van der Waals surface area (Å²) in [5.41, 5.74) is 3.02. The van der Waals surface area contributed by atoms with Crippen molar-refractivity contribution < 1.29 is 14.6 Å². The molecule has 1 amide bonds. The summed E-state index contributed by atoms with van der Waals surface area (Å²) < 4.78 is 5.79. The minimum atomic E-state index is -0.112. The van der Waals surface area contributed by atoms with E-state index in [1.807, 2.05) is 6.07 Å². The lowest BCUT2D eigenvalue weighted by atomic mass is 9.48. The molecule has 2 saturated heterocycles. The number of fused-ring (bicyclic) bond motifs is 2. The van der Waals surface area contributed by atoms with E-state index < -0.39 is 0 Å². The van der Waals surface area contributed by atoms with Crippen molar-refractivity contribution in [3.63, 3.8) is 0 Å². The molecule has 0 radical (unpaired) electrons. The molecule has 0 aromatic heterocycles. The molecule has 5 aliphatic rings. The van der Waals surface area contributed by atoms with Crippen LogP contribution in [-0.2, 0) is 16.6 Å². The first-order valence-corrected chi connectivity index (χ1v) is 14.3. The van der Waals surface area contributed by atoms with Gasteiger partial charge in [-0.1, -0.05) is 40.2 Å². The molecular formula is C30H44N2O3. The average Bonchev–Trinajstić information content (AvgIpc) is 3.49. The van der Waals surface area contributed by atoms with Crippen molar-refractivity contribution in [1.29, 1.82) is 0 Å². The topological polar surface area (TPSA) is 53.0 Å². The van der Waals surface area contributed by atoms with Gasteiger partial charge in [0.2, 0.25) is 0 Å². The van der Waals surface area contributed by atoms with Crippen LogP contribution in [0.5, 0.6) is 5.75 Å². The van der Waals surface area contributed by atoms with Gasteiger partial charge in [0.1, 0.15) is 5.75 Å². The maximum atomic E-state index is 13.3. The third kappa shape index (κ3) is 3.47. The van der Waals surface area contributed by atoms with Crippen molar-refractivity contribution in [2.45, 2.75) is 90.1 Å². The second-order valence-electron chi connectivity index (χ2n) is 13.1. The van der Waals surface area contributed by atoms with Crippen molar-refractivity contribution >= 4 is 6.09 Å². The first-order chi connectivity index (χ1) is 16.8. The predicted molar refractivity (Wildman–Crippen MR) is 137 cm³/mol. The molecule has 35 heavy (non-hydrogen) atoms. The van der Waals surface area contributed by atoms with Crippen LogP contribution in [0.15, 0.2) is 18.2 Å². The van der Waals surface area contributed by atoms with Gasteiger partial charge < -0.3 is 14.7 Å². The van der Waals surface area contributed by atoms with Gasteiger partial charge in [0, 0.05) is 30.6 Å². The summed E-state index contributed by atoms with van der Waals surface area (Å²) in [6.45, 7) is 12.7. The van der Waals surface area contributed by atoms with Crippen LogP contribution in [-0.4, -0.2) is 59.3 Å². The van der Waals surface area contributed by atoms with Crippen molar-refractivity contribution in [1.82, 2.24) is 9.80 Å². The summed E-state index contributed by atoms with van der Waals surface area (Å²) in [6, 6.07) is 6.97. The van der Waals surface area contributed by atoms with Gasteiger partial charge in [-0.25, -0.2) is 4.79 Å². The third-order valence-corrected chi connectivity index (χ3v) is 10.5. The Balaban J connectivity index is 1.42. The number of nitrogens with zero attached hydrogens (tertiary/aromatic N) is 2. The molecule has 6 atom stereocenters. The zero-order valence-corrected chi connectivity index (χ0v) is 22.1. The predicted octanol–water partition coefficient (Wildman–Crippen LogP) is 5.59. The van der Waals surface area contributed by atoms with E-state index >= 15 is 0 Å². The number of carbonyl (C=O) groups is 1. The number of aromatic hydroxyl groups is 1. The van der Waals surface area contributed by atoms with E-state index in [-0.39, 0.29) is 23.0 Å². The second-order valence-corrected chi connectivity index (χ2v) is 13.1. The highest BCUT2D eigenvalue weighted by molar-refractivity contribution is 5.69. The van der Waals surface area contributed by atoms with E-state index in [1.165, 1.54) is 36.9 Å². The summed E-state index contributed by atoms with van der Waals surface area (Å²) in [5.74, 6) is 2.57. The molecule has 2 heterocycles. The zero-order valence-electron chi connectivity index (χ0n) is 22.1. The molecule has 1 aromatic carbocycles. The molecule has 2 saturated carbocycles. The van der Waals surface area contributed by atoms with Gasteiger partial charge in [0.15, 0.2) is 0 Å². The van der Waals surface area contributed by atoms with Gasteiger partial charge in [-0.3, -0.25) is 4.90 Å². The number of carbonyl (C=O) groups excluding carboxylic acids is 1. The Labute approximate surface area is 211 Å². The SMILES string of the molecule is CCCC1C2[C@@H](CN1C(=O)OCC(C)C)CC1(C)C3Cc4ccc(O)cc4C21CCN3CC1CC1. The number of rotatable bonds is 6. The van der Waals surface area contributed by atoms with Gasteiger partial charge in [-0.2, -0.15) is 0 Å². The lowest BCUT2D eigenvalue weighted by Gasteiger charge is -2.63. The lowest BCUT2D eigenvalue weighted by molar-refractivity contribution is -0.0642. The number of phenols is 1. The highest BCUT2D eigenvalue weighted by Crippen LogP contribution is 2.71. The second kappa shape index (κ2) is 8.39. The Kier molecular flexibility index (Phi) is 5.67. The molecule has 5 unspecified atom stereocenters. The highest BCUT2D eigenvalue weighted by atomic mass is 16.6. The van der Waals surface area contributed by atoms with Crippen molar-refractivity contribution in [3.05, 3.63) is 29.3 Å². The monoisotopic (exact) mass is 480 g/mol. The molecule has 5 nitrogen and oxygen atoms in total. The Morgan fingerprint density at radius 3 is 2.80 bits per heavy atom. The van der Waals surface area contributed by atoms with E-state index in [2.05, 4.69) is 49.6 Å². The summed E-state index contributed by atoms with van der Waals surface area (Å²) in [4.78, 5) is 18.3. The fourth-order valence-corrected chi connectivity index (χ4v) is 9.16. The van der Waals surface area contributed by atoms with Crippen LogP contribution >= 0.6 is 0 Å². The largest absolute Gasteiger partial charge is 0.508 e. The van der Waals surface area contributed by atoms with Crippen molar-refractivity contribution in [2.75, 3.05) is 26.2 Å². The molecule has 192 valence electrons. The van der Waals surface area contributed by atoms with E-state index in [1.54, 1.807) is 0 Å². The van der Waals surface area contributed by atoms with Crippen molar-refractivity contribution in [2.24, 2.45) is 29.1 Å². The van der Waals surface area contributed by atoms with Crippen molar-refractivity contribution in [3.8, 4) is 5.75 Å². The number of phenolic OH excluding ortho intramolecular Hbond substituents is 1. The first kappa shape index (κ1) is 23.6. The maximum absolute atomic E-state index is 13.3. The van der Waals surface area contributed by atoms with E-state index in [9.17, 15) is 9.90 Å². The number of hydrogen-bond donors (Lipinski definition) is 1. The molecular weight excluding hydrogens is 436 g/mol. The Morgan fingerprint density at radius 1 is 1.29 bits per heavy atom. The molecule has 1 aromatic rings. The number of hydrogen-bond acceptors (Lipinski definition) is 4. The third-order valence-electron chi connectivity index (χ3n) is 10.5. The standard InChI is InChI=1S/C30H44N2O3/c1-5-6-25-27-22(17-32(25)28(34)35-18-19(2)3)15-29(4)26-13-21-9-10-23(33)14-24(21)30(27,29)11-12-31(26)16-20-7-8-20/h9-10,14,19-20,22,25-27,33H,5-8,11-13,15-18H2,1-4H3/t22-,25?,26?,27?,29?,30?/m1/s1. The van der Waals surface area contributed by atoms with Crippen LogP contribution < -0.4 is 0 Å². The van der Waals surface area contributed by atoms with Gasteiger partial charge in [0.05, 0.1) is 6.61 Å². The summed E-state index contributed by atoms with van der Waals surface area (Å²) >= 11 is 0. The zero-order chi connectivity index (χ0) is 24.5. The average molecular weight is 481 g/mol. The van der Waals surface area contributed by atoms with E-state index in [0.717, 1.165) is 44.7 Å². The van der Waals surface area contributed by atoms with Crippen LogP contribution in [0.3, 0.4) is 0 Å². The summed E-state index contributed by atoms with van der Waals surface area (Å²) in [7, 11) is 0. The first-order valence-electron chi connectivity index (χ1n) is 14.3. The van der Waals surface area contributed by atoms with E-state index in [4.69, 9.17) is 4.74 Å². The van der Waals surface area contributed by atoms with Gasteiger partial charge in [0.25, 0.3) is 0 Å². The Hall–Kier alpha value is -1.75. The minimum Gasteiger partial charge on any atom is -0.508 e. The Morgan fingerprint density at radius 2 is 2.09 bits per heavy atom. The smallest absolute Gasteiger partial charge is 0.410 e. The van der Waals surface area contributed by atoms with Gasteiger partial charge in [-0.15, -0.1) is 0 Å². The molecule has 4 fully saturated rings. The number of likely N-dealkylation sites (tertiary alicyclic amines) is 2. The molecule has 3 aliphatic carbocycles. The molecule has 0 spiro atoms. The molecule has 6 rings (SSSR count). The molecule has 1 N–H and O–H groups in total. The Bertz CT molecular complexity index is 990. The number of benzene rings is 1. The molecule has 5 heteroatoms.